The highest BCUT2D eigenvalue weighted by atomic mass is 16.5. The minimum absolute atomic E-state index is 0.220. The van der Waals surface area contributed by atoms with Gasteiger partial charge in [0, 0.05) is 29.9 Å². The van der Waals surface area contributed by atoms with E-state index < -0.39 is 0 Å². The van der Waals surface area contributed by atoms with Gasteiger partial charge in [-0.25, -0.2) is 4.98 Å². The van der Waals surface area contributed by atoms with E-state index in [1.54, 1.807) is 25.6 Å². The second-order valence-corrected chi connectivity index (χ2v) is 4.74. The van der Waals surface area contributed by atoms with Crippen molar-refractivity contribution < 1.29 is 9.53 Å². The highest BCUT2D eigenvalue weighted by molar-refractivity contribution is 6.05. The summed E-state index contributed by atoms with van der Waals surface area (Å²) in [5, 5.41) is 4.68. The van der Waals surface area contributed by atoms with E-state index in [-0.39, 0.29) is 5.91 Å². The molecule has 1 aromatic carbocycles. The smallest absolute Gasteiger partial charge is 0.270 e. The third-order valence-corrected chi connectivity index (χ3v) is 3.37. The largest absolute Gasteiger partial charge is 0.481 e. The van der Waals surface area contributed by atoms with Gasteiger partial charge in [-0.3, -0.25) is 9.78 Å². The Balaban J connectivity index is 1.82. The molecule has 0 spiro atoms. The lowest BCUT2D eigenvalue weighted by atomic mass is 10.1. The molecule has 0 saturated heterocycles. The number of hydrogen-bond donors (Lipinski definition) is 1. The Hall–Kier alpha value is -2.95. The maximum atomic E-state index is 12.4. The van der Waals surface area contributed by atoms with Crippen LogP contribution in [0.3, 0.4) is 0 Å². The number of hydrogen-bond acceptors (Lipinski definition) is 4. The molecule has 5 nitrogen and oxygen atoms in total. The van der Waals surface area contributed by atoms with Gasteiger partial charge in [-0.15, -0.1) is 0 Å². The molecule has 1 N–H and O–H groups in total. The van der Waals surface area contributed by atoms with Crippen molar-refractivity contribution in [3.63, 3.8) is 0 Å². The normalized spacial score (nSPS) is 10.4. The first-order valence-corrected chi connectivity index (χ1v) is 6.89. The lowest BCUT2D eigenvalue weighted by molar-refractivity contribution is 0.0947. The van der Waals surface area contributed by atoms with Crippen LogP contribution in [0.4, 0.5) is 0 Å². The molecule has 2 aromatic heterocycles. The summed E-state index contributed by atoms with van der Waals surface area (Å²) >= 11 is 0. The molecular weight excluding hydrogens is 278 g/mol. The number of methoxy groups -OCH3 is 1. The van der Waals surface area contributed by atoms with E-state index in [4.69, 9.17) is 4.74 Å². The minimum atomic E-state index is -0.220. The molecule has 0 aliphatic carbocycles. The van der Waals surface area contributed by atoms with Crippen molar-refractivity contribution in [2.45, 2.75) is 6.54 Å². The Bertz CT molecular complexity index is 812. The van der Waals surface area contributed by atoms with Gasteiger partial charge in [0.15, 0.2) is 0 Å². The van der Waals surface area contributed by atoms with Crippen molar-refractivity contribution in [2.24, 2.45) is 0 Å². The van der Waals surface area contributed by atoms with E-state index in [9.17, 15) is 4.79 Å². The summed E-state index contributed by atoms with van der Waals surface area (Å²) < 4.78 is 5.18. The maximum Gasteiger partial charge on any atom is 0.270 e. The lowest BCUT2D eigenvalue weighted by Gasteiger charge is -2.09. The van der Waals surface area contributed by atoms with Gasteiger partial charge in [-0.2, -0.15) is 0 Å². The number of fused-ring (bicyclic) bond motifs is 1. The Labute approximate surface area is 128 Å². The van der Waals surface area contributed by atoms with Crippen LogP contribution in [0, 0.1) is 0 Å². The van der Waals surface area contributed by atoms with E-state index >= 15 is 0 Å². The fraction of sp³-hybridized carbons (Fsp3) is 0.118. The summed E-state index contributed by atoms with van der Waals surface area (Å²) in [5.41, 5.74) is 1.24. The number of carbonyl (C=O) groups excluding carboxylic acids is 1. The van der Waals surface area contributed by atoms with E-state index in [1.165, 1.54) is 0 Å². The second kappa shape index (κ2) is 6.22. The molecule has 2 heterocycles. The predicted molar refractivity (Wildman–Crippen MR) is 83.7 cm³/mol. The van der Waals surface area contributed by atoms with Crippen molar-refractivity contribution in [1.29, 1.82) is 0 Å². The van der Waals surface area contributed by atoms with Crippen LogP contribution in [0.5, 0.6) is 5.88 Å². The summed E-state index contributed by atoms with van der Waals surface area (Å²) in [4.78, 5) is 20.7. The second-order valence-electron chi connectivity index (χ2n) is 4.74. The van der Waals surface area contributed by atoms with Crippen LogP contribution in [-0.2, 0) is 6.54 Å². The van der Waals surface area contributed by atoms with E-state index in [0.29, 0.717) is 18.1 Å². The number of benzene rings is 1. The lowest BCUT2D eigenvalue weighted by Crippen LogP contribution is -2.24. The third kappa shape index (κ3) is 2.74. The Morgan fingerprint density at radius 1 is 1.09 bits per heavy atom. The molecule has 0 atom stereocenters. The number of nitrogens with zero attached hydrogens (tertiary/aromatic N) is 2. The Morgan fingerprint density at radius 2 is 1.95 bits per heavy atom. The molecule has 1 amide bonds. The van der Waals surface area contributed by atoms with Crippen LogP contribution in [0.25, 0.3) is 10.8 Å². The van der Waals surface area contributed by atoms with Gasteiger partial charge in [0.1, 0.15) is 5.69 Å². The zero-order chi connectivity index (χ0) is 15.4. The number of pyridine rings is 2. The summed E-state index contributed by atoms with van der Waals surface area (Å²) in [6, 6.07) is 13.2. The van der Waals surface area contributed by atoms with Gasteiger partial charge in [-0.1, -0.05) is 30.3 Å². The SMILES string of the molecule is COc1ncccc1CNC(=O)c1nccc2ccccc12. The minimum Gasteiger partial charge on any atom is -0.481 e. The van der Waals surface area contributed by atoms with Crippen LogP contribution < -0.4 is 10.1 Å². The van der Waals surface area contributed by atoms with Crippen molar-refractivity contribution in [3.8, 4) is 5.88 Å². The number of aromatic nitrogens is 2. The van der Waals surface area contributed by atoms with Crippen LogP contribution >= 0.6 is 0 Å². The monoisotopic (exact) mass is 293 g/mol. The molecule has 0 aliphatic heterocycles. The van der Waals surface area contributed by atoms with E-state index in [1.807, 2.05) is 36.4 Å². The molecule has 0 fully saturated rings. The highest BCUT2D eigenvalue weighted by Gasteiger charge is 2.12. The van der Waals surface area contributed by atoms with Gasteiger partial charge in [-0.05, 0) is 17.5 Å². The number of carbonyl (C=O) groups is 1. The maximum absolute atomic E-state index is 12.4. The number of amides is 1. The van der Waals surface area contributed by atoms with Crippen LogP contribution in [0.2, 0.25) is 0 Å². The molecule has 0 unspecified atom stereocenters. The molecule has 0 aliphatic rings. The fourth-order valence-electron chi connectivity index (χ4n) is 2.30. The standard InChI is InChI=1S/C17H15N3O2/c1-22-17-13(6-4-9-19-17)11-20-16(21)15-14-7-3-2-5-12(14)8-10-18-15/h2-10H,11H2,1H3,(H,20,21). The summed E-state index contributed by atoms with van der Waals surface area (Å²) in [5.74, 6) is 0.288. The van der Waals surface area contributed by atoms with Crippen molar-refractivity contribution >= 4 is 16.7 Å². The van der Waals surface area contributed by atoms with Crippen molar-refractivity contribution in [2.75, 3.05) is 7.11 Å². The Kier molecular flexibility index (Phi) is 3.96. The van der Waals surface area contributed by atoms with Crippen molar-refractivity contribution in [1.82, 2.24) is 15.3 Å². The van der Waals surface area contributed by atoms with Gasteiger partial charge in [0.05, 0.1) is 7.11 Å². The van der Waals surface area contributed by atoms with Crippen molar-refractivity contribution in [3.05, 3.63) is 66.1 Å². The quantitative estimate of drug-likeness (QED) is 0.803. The molecule has 0 radical (unpaired) electrons. The average Bonchev–Trinajstić information content (AvgIpc) is 2.59. The average molecular weight is 293 g/mol. The Morgan fingerprint density at radius 3 is 2.82 bits per heavy atom. The molecule has 3 aromatic rings. The molecule has 3 rings (SSSR count). The topological polar surface area (TPSA) is 64.1 Å². The number of ether oxygens (including phenoxy) is 1. The summed E-state index contributed by atoms with van der Waals surface area (Å²) in [6.45, 7) is 0.334. The molecule has 110 valence electrons. The van der Waals surface area contributed by atoms with Gasteiger partial charge < -0.3 is 10.1 Å². The van der Waals surface area contributed by atoms with Crippen LogP contribution in [0.15, 0.2) is 54.9 Å². The van der Waals surface area contributed by atoms with Gasteiger partial charge in [0.25, 0.3) is 5.91 Å². The third-order valence-electron chi connectivity index (χ3n) is 3.37. The van der Waals surface area contributed by atoms with Crippen LogP contribution in [-0.4, -0.2) is 23.0 Å². The van der Waals surface area contributed by atoms with E-state index in [0.717, 1.165) is 16.3 Å². The molecule has 5 heteroatoms. The van der Waals surface area contributed by atoms with E-state index in [2.05, 4.69) is 15.3 Å². The molecule has 0 bridgehead atoms. The first-order chi connectivity index (χ1) is 10.8. The summed E-state index contributed by atoms with van der Waals surface area (Å²) in [7, 11) is 1.56. The van der Waals surface area contributed by atoms with Crippen LogP contribution in [0.1, 0.15) is 16.1 Å². The highest BCUT2D eigenvalue weighted by Crippen LogP contribution is 2.17. The zero-order valence-corrected chi connectivity index (χ0v) is 12.1. The molecule has 0 saturated carbocycles. The number of nitrogens with one attached hydrogen (secondary N) is 1. The zero-order valence-electron chi connectivity index (χ0n) is 12.1. The first kappa shape index (κ1) is 14.0. The predicted octanol–water partition coefficient (Wildman–Crippen LogP) is 2.57. The first-order valence-electron chi connectivity index (χ1n) is 6.89. The molecular formula is C17H15N3O2. The molecule has 22 heavy (non-hydrogen) atoms. The van der Waals surface area contributed by atoms with Gasteiger partial charge in [0.2, 0.25) is 5.88 Å². The van der Waals surface area contributed by atoms with Gasteiger partial charge >= 0.3 is 0 Å². The fourth-order valence-corrected chi connectivity index (χ4v) is 2.30. The number of rotatable bonds is 4. The summed E-state index contributed by atoms with van der Waals surface area (Å²) in [6.07, 6.45) is 3.29.